The summed E-state index contributed by atoms with van der Waals surface area (Å²) in [6.07, 6.45) is 7.92. The molecule has 7 nitrogen and oxygen atoms in total. The highest BCUT2D eigenvalue weighted by Gasteiger charge is 2.34. The third-order valence-electron chi connectivity index (χ3n) is 3.93. The van der Waals surface area contributed by atoms with Crippen LogP contribution in [0.25, 0.3) is 12.2 Å². The molecule has 1 N–H and O–H groups in total. The first-order chi connectivity index (χ1) is 13.8. The zero-order valence-corrected chi connectivity index (χ0v) is 17.6. The second-order valence-corrected chi connectivity index (χ2v) is 7.83. The Morgan fingerprint density at radius 1 is 1.31 bits per heavy atom. The van der Waals surface area contributed by atoms with Gasteiger partial charge in [-0.25, -0.2) is 0 Å². The summed E-state index contributed by atoms with van der Waals surface area (Å²) in [4.78, 5) is 37.9. The lowest BCUT2D eigenvalue weighted by Gasteiger charge is -2.12. The van der Waals surface area contributed by atoms with Crippen LogP contribution in [0.3, 0.4) is 0 Å². The van der Waals surface area contributed by atoms with Crippen molar-refractivity contribution in [3.63, 3.8) is 0 Å². The molecule has 150 valence electrons. The van der Waals surface area contributed by atoms with E-state index in [0.717, 1.165) is 22.2 Å². The number of carbonyl (C=O) groups excluding carboxylic acids is 3. The van der Waals surface area contributed by atoms with Crippen LogP contribution in [-0.2, 0) is 16.6 Å². The Balaban J connectivity index is 1.56. The van der Waals surface area contributed by atoms with Gasteiger partial charge in [0.1, 0.15) is 0 Å². The van der Waals surface area contributed by atoms with Crippen molar-refractivity contribution < 1.29 is 14.4 Å². The number of amides is 3. The molecule has 0 atom stereocenters. The minimum absolute atomic E-state index is 0.0672. The number of nitrogens with zero attached hydrogens (tertiary/aromatic N) is 3. The molecule has 2 aromatic rings. The summed E-state index contributed by atoms with van der Waals surface area (Å²) in [7, 11) is 1.78. The molecule has 3 rings (SSSR count). The lowest BCUT2D eigenvalue weighted by molar-refractivity contribution is -0.123. The molecule has 0 radical (unpaired) electrons. The topological polar surface area (TPSA) is 84.3 Å². The second-order valence-electron chi connectivity index (χ2n) is 6.05. The maximum atomic E-state index is 12.5. The summed E-state index contributed by atoms with van der Waals surface area (Å²) in [6.45, 7) is 0.206. The summed E-state index contributed by atoms with van der Waals surface area (Å²) < 4.78 is 1.63. The van der Waals surface area contributed by atoms with E-state index in [4.69, 9.17) is 23.2 Å². The van der Waals surface area contributed by atoms with Crippen LogP contribution >= 0.6 is 35.0 Å². The van der Waals surface area contributed by atoms with Gasteiger partial charge in [0.25, 0.3) is 11.1 Å². The van der Waals surface area contributed by atoms with Crippen LogP contribution in [-0.4, -0.2) is 44.8 Å². The number of hydrogen-bond acceptors (Lipinski definition) is 5. The first-order valence-corrected chi connectivity index (χ1v) is 10.1. The molecular formula is C19H16Cl2N4O3S. The molecule has 1 fully saturated rings. The molecule has 29 heavy (non-hydrogen) atoms. The maximum absolute atomic E-state index is 12.5. The number of aryl methyl sites for hydroxylation is 1. The van der Waals surface area contributed by atoms with Gasteiger partial charge in [0.05, 0.1) is 21.1 Å². The van der Waals surface area contributed by atoms with E-state index in [1.165, 1.54) is 12.2 Å². The summed E-state index contributed by atoms with van der Waals surface area (Å²) >= 11 is 12.9. The Bertz CT molecular complexity index is 1030. The Hall–Kier alpha value is -2.55. The van der Waals surface area contributed by atoms with Gasteiger partial charge in [-0.2, -0.15) is 5.10 Å². The van der Waals surface area contributed by atoms with Gasteiger partial charge in [0.2, 0.25) is 5.91 Å². The number of thioether (sulfide) groups is 1. The first kappa shape index (κ1) is 21.2. The number of carbonyl (C=O) groups is 3. The maximum Gasteiger partial charge on any atom is 0.293 e. The molecular weight excluding hydrogens is 435 g/mol. The number of benzene rings is 1. The van der Waals surface area contributed by atoms with Gasteiger partial charge in [-0.3, -0.25) is 24.0 Å². The van der Waals surface area contributed by atoms with Gasteiger partial charge in [-0.15, -0.1) is 0 Å². The largest absolute Gasteiger partial charge is 0.351 e. The van der Waals surface area contributed by atoms with E-state index in [0.29, 0.717) is 15.6 Å². The number of imide groups is 1. The predicted molar refractivity (Wildman–Crippen MR) is 114 cm³/mol. The molecule has 1 aliphatic heterocycles. The number of halogens is 2. The van der Waals surface area contributed by atoms with Crippen molar-refractivity contribution in [1.29, 1.82) is 0 Å². The molecule has 0 aliphatic carbocycles. The van der Waals surface area contributed by atoms with Gasteiger partial charge >= 0.3 is 0 Å². The third kappa shape index (κ3) is 5.29. The van der Waals surface area contributed by atoms with Crippen LogP contribution in [0.2, 0.25) is 10.0 Å². The van der Waals surface area contributed by atoms with Crippen molar-refractivity contribution in [3.8, 4) is 0 Å². The van der Waals surface area contributed by atoms with Crippen molar-refractivity contribution in [2.24, 2.45) is 7.05 Å². The summed E-state index contributed by atoms with van der Waals surface area (Å²) in [5.41, 5.74) is 1.34. The highest BCUT2D eigenvalue weighted by molar-refractivity contribution is 8.18. The fourth-order valence-corrected chi connectivity index (χ4v) is 3.73. The standard InChI is InChI=1S/C19H16Cl2N4O3S/c1-24-11-12(10-23-24)5-6-16(26)22-7-8-25-18(27)15(29-19(25)28)9-13-3-2-4-14(20)17(13)21/h2-6,9-11H,7-8H2,1H3,(H,22,26)/b6-5+,15-9-. The number of rotatable bonds is 6. The van der Waals surface area contributed by atoms with E-state index in [-0.39, 0.29) is 23.9 Å². The van der Waals surface area contributed by atoms with E-state index >= 15 is 0 Å². The summed E-state index contributed by atoms with van der Waals surface area (Å²) in [6, 6.07) is 5.05. The van der Waals surface area contributed by atoms with E-state index in [1.807, 2.05) is 0 Å². The quantitative estimate of drug-likeness (QED) is 0.679. The smallest absolute Gasteiger partial charge is 0.293 e. The summed E-state index contributed by atoms with van der Waals surface area (Å²) in [5.74, 6) is -0.765. The van der Waals surface area contributed by atoms with E-state index in [1.54, 1.807) is 48.4 Å². The molecule has 1 saturated heterocycles. The van der Waals surface area contributed by atoms with E-state index < -0.39 is 11.1 Å². The van der Waals surface area contributed by atoms with E-state index in [9.17, 15) is 14.4 Å². The Morgan fingerprint density at radius 3 is 2.83 bits per heavy atom. The lowest BCUT2D eigenvalue weighted by atomic mass is 10.2. The number of nitrogens with one attached hydrogen (secondary N) is 1. The molecule has 0 spiro atoms. The van der Waals surface area contributed by atoms with Gasteiger partial charge in [0, 0.05) is 38.0 Å². The first-order valence-electron chi connectivity index (χ1n) is 8.49. The van der Waals surface area contributed by atoms with Gasteiger partial charge < -0.3 is 5.32 Å². The minimum atomic E-state index is -0.434. The predicted octanol–water partition coefficient (Wildman–Crippen LogP) is 3.59. The van der Waals surface area contributed by atoms with Crippen LogP contribution in [0.4, 0.5) is 4.79 Å². The molecule has 3 amide bonds. The van der Waals surface area contributed by atoms with Crippen LogP contribution in [0, 0.1) is 0 Å². The van der Waals surface area contributed by atoms with Gasteiger partial charge in [-0.05, 0) is 35.5 Å². The highest BCUT2D eigenvalue weighted by atomic mass is 35.5. The molecule has 1 aromatic carbocycles. The van der Waals surface area contributed by atoms with Crippen molar-refractivity contribution in [2.75, 3.05) is 13.1 Å². The Labute approximate surface area is 181 Å². The molecule has 1 aliphatic rings. The molecule has 0 unspecified atom stereocenters. The van der Waals surface area contributed by atoms with Gasteiger partial charge in [0.15, 0.2) is 0 Å². The van der Waals surface area contributed by atoms with E-state index in [2.05, 4.69) is 10.4 Å². The normalized spacial score (nSPS) is 15.7. The van der Waals surface area contributed by atoms with Crippen LogP contribution in [0.5, 0.6) is 0 Å². The van der Waals surface area contributed by atoms with Gasteiger partial charge in [-0.1, -0.05) is 35.3 Å². The zero-order chi connectivity index (χ0) is 21.0. The third-order valence-corrected chi connectivity index (χ3v) is 5.67. The molecule has 0 saturated carbocycles. The van der Waals surface area contributed by atoms with Crippen LogP contribution in [0.15, 0.2) is 41.6 Å². The molecule has 10 heteroatoms. The number of hydrogen-bond donors (Lipinski definition) is 1. The van der Waals surface area contributed by atoms with Crippen LogP contribution < -0.4 is 5.32 Å². The fourth-order valence-electron chi connectivity index (χ4n) is 2.51. The number of aromatic nitrogens is 2. The Kier molecular flexibility index (Phi) is 6.79. The summed E-state index contributed by atoms with van der Waals surface area (Å²) in [5, 5.41) is 6.92. The minimum Gasteiger partial charge on any atom is -0.351 e. The Morgan fingerprint density at radius 2 is 2.10 bits per heavy atom. The second kappa shape index (κ2) is 9.30. The molecule has 1 aromatic heterocycles. The van der Waals surface area contributed by atoms with Crippen molar-refractivity contribution in [1.82, 2.24) is 20.0 Å². The zero-order valence-electron chi connectivity index (χ0n) is 15.3. The van der Waals surface area contributed by atoms with Crippen molar-refractivity contribution >= 4 is 64.2 Å². The fraction of sp³-hybridized carbons (Fsp3) is 0.158. The average Bonchev–Trinajstić information content (AvgIpc) is 3.21. The highest BCUT2D eigenvalue weighted by Crippen LogP contribution is 2.34. The lowest BCUT2D eigenvalue weighted by Crippen LogP contribution is -2.36. The van der Waals surface area contributed by atoms with Crippen molar-refractivity contribution in [2.45, 2.75) is 0 Å². The monoisotopic (exact) mass is 450 g/mol. The van der Waals surface area contributed by atoms with Crippen molar-refractivity contribution in [3.05, 3.63) is 62.7 Å². The average molecular weight is 451 g/mol. The molecule has 2 heterocycles. The SMILES string of the molecule is Cn1cc(/C=C/C(=O)NCCN2C(=O)S/C(=C\c3cccc(Cl)c3Cl)C2=O)cn1. The molecule has 0 bridgehead atoms. The van der Waals surface area contributed by atoms with Crippen LogP contribution in [0.1, 0.15) is 11.1 Å².